The second-order valence-electron chi connectivity index (χ2n) is 4.88. The largest absolute Gasteiger partial charge is 0.427 e. The molecule has 0 spiro atoms. The van der Waals surface area contributed by atoms with Gasteiger partial charge in [0, 0.05) is 6.08 Å². The number of hydrogen-bond acceptors (Lipinski definition) is 5. The molecule has 0 radical (unpaired) electrons. The van der Waals surface area contributed by atoms with Crippen molar-refractivity contribution in [2.75, 3.05) is 5.32 Å². The van der Waals surface area contributed by atoms with Crippen molar-refractivity contribution in [3.8, 4) is 5.75 Å². The highest BCUT2D eigenvalue weighted by molar-refractivity contribution is 6.02. The standard InChI is InChI=1S/C18H17NO5/c20-10-14-7-5-13(9-15(14)11-21)6-8-18(23)19-16-3-1-2-4-17(16)24-12-22/h1-9,12,20-21H,10-11H2,(H,19,23). The van der Waals surface area contributed by atoms with E-state index in [1.165, 1.54) is 6.08 Å². The summed E-state index contributed by atoms with van der Waals surface area (Å²) in [5, 5.41) is 21.1. The van der Waals surface area contributed by atoms with E-state index in [9.17, 15) is 14.7 Å². The predicted molar refractivity (Wildman–Crippen MR) is 89.1 cm³/mol. The molecule has 2 aromatic carbocycles. The van der Waals surface area contributed by atoms with E-state index in [-0.39, 0.29) is 19.0 Å². The lowest BCUT2D eigenvalue weighted by atomic mass is 10.0. The average molecular weight is 327 g/mol. The van der Waals surface area contributed by atoms with Gasteiger partial charge in [0.1, 0.15) is 0 Å². The molecule has 6 nitrogen and oxygen atoms in total. The lowest BCUT2D eigenvalue weighted by molar-refractivity contribution is -0.120. The third-order valence-electron chi connectivity index (χ3n) is 3.32. The first-order valence-electron chi connectivity index (χ1n) is 7.20. The topological polar surface area (TPSA) is 95.9 Å². The lowest BCUT2D eigenvalue weighted by Crippen LogP contribution is -2.09. The molecule has 24 heavy (non-hydrogen) atoms. The molecular formula is C18H17NO5. The van der Waals surface area contributed by atoms with Crippen LogP contribution in [0, 0.1) is 0 Å². The molecule has 3 N–H and O–H groups in total. The zero-order valence-electron chi connectivity index (χ0n) is 12.8. The number of rotatable bonds is 7. The number of nitrogens with one attached hydrogen (secondary N) is 1. The first-order valence-corrected chi connectivity index (χ1v) is 7.20. The zero-order chi connectivity index (χ0) is 17.4. The van der Waals surface area contributed by atoms with Gasteiger partial charge in [0.05, 0.1) is 18.9 Å². The summed E-state index contributed by atoms with van der Waals surface area (Å²) < 4.78 is 4.79. The van der Waals surface area contributed by atoms with Crippen LogP contribution in [0.2, 0.25) is 0 Å². The van der Waals surface area contributed by atoms with Gasteiger partial charge in [-0.15, -0.1) is 0 Å². The molecule has 0 unspecified atom stereocenters. The molecular weight excluding hydrogens is 310 g/mol. The normalized spacial score (nSPS) is 10.6. The number of aliphatic hydroxyl groups is 2. The minimum Gasteiger partial charge on any atom is -0.427 e. The van der Waals surface area contributed by atoms with Crippen LogP contribution < -0.4 is 10.1 Å². The number of aliphatic hydroxyl groups excluding tert-OH is 2. The Morgan fingerprint density at radius 2 is 1.83 bits per heavy atom. The van der Waals surface area contributed by atoms with Gasteiger partial charge in [0.2, 0.25) is 5.91 Å². The maximum Gasteiger partial charge on any atom is 0.298 e. The predicted octanol–water partition coefficient (Wildman–Crippen LogP) is 1.86. The molecule has 1 amide bonds. The first kappa shape index (κ1) is 17.4. The summed E-state index contributed by atoms with van der Waals surface area (Å²) in [6, 6.07) is 11.7. The van der Waals surface area contributed by atoms with E-state index < -0.39 is 5.91 Å². The number of carbonyl (C=O) groups is 2. The van der Waals surface area contributed by atoms with Gasteiger partial charge in [-0.3, -0.25) is 9.59 Å². The van der Waals surface area contributed by atoms with Gasteiger partial charge in [-0.1, -0.05) is 24.3 Å². The van der Waals surface area contributed by atoms with Crippen LogP contribution in [0.5, 0.6) is 5.75 Å². The van der Waals surface area contributed by atoms with E-state index in [4.69, 9.17) is 9.84 Å². The van der Waals surface area contributed by atoms with E-state index in [2.05, 4.69) is 5.32 Å². The second kappa shape index (κ2) is 8.61. The Kier molecular flexibility index (Phi) is 6.24. The number of ether oxygens (including phenoxy) is 1. The molecule has 0 atom stereocenters. The Balaban J connectivity index is 2.10. The fourth-order valence-electron chi connectivity index (χ4n) is 2.12. The molecule has 124 valence electrons. The Morgan fingerprint density at radius 3 is 2.54 bits per heavy atom. The van der Waals surface area contributed by atoms with E-state index in [0.29, 0.717) is 28.8 Å². The van der Waals surface area contributed by atoms with Gasteiger partial charge in [-0.25, -0.2) is 0 Å². The van der Waals surface area contributed by atoms with Crippen LogP contribution in [0.3, 0.4) is 0 Å². The van der Waals surface area contributed by atoms with Crippen molar-refractivity contribution >= 4 is 24.1 Å². The molecule has 0 aliphatic heterocycles. The van der Waals surface area contributed by atoms with Crippen LogP contribution >= 0.6 is 0 Å². The van der Waals surface area contributed by atoms with Crippen LogP contribution in [0.15, 0.2) is 48.5 Å². The van der Waals surface area contributed by atoms with Crippen LogP contribution in [0.4, 0.5) is 5.69 Å². The summed E-state index contributed by atoms with van der Waals surface area (Å²) in [4.78, 5) is 22.4. The summed E-state index contributed by atoms with van der Waals surface area (Å²) in [5.74, 6) is -0.141. The molecule has 6 heteroatoms. The molecule has 0 aliphatic carbocycles. The fourth-order valence-corrected chi connectivity index (χ4v) is 2.12. The summed E-state index contributed by atoms with van der Waals surface area (Å²) in [7, 11) is 0. The van der Waals surface area contributed by atoms with Crippen molar-refractivity contribution in [1.82, 2.24) is 0 Å². The molecule has 2 rings (SSSR count). The Morgan fingerprint density at radius 1 is 1.08 bits per heavy atom. The smallest absolute Gasteiger partial charge is 0.298 e. The molecule has 0 aliphatic rings. The van der Waals surface area contributed by atoms with Gasteiger partial charge in [0.15, 0.2) is 5.75 Å². The van der Waals surface area contributed by atoms with Crippen molar-refractivity contribution in [3.63, 3.8) is 0 Å². The maximum absolute atomic E-state index is 12.0. The molecule has 0 fully saturated rings. The third-order valence-corrected chi connectivity index (χ3v) is 3.32. The molecule has 0 saturated heterocycles. The number of anilines is 1. The van der Waals surface area contributed by atoms with E-state index in [1.54, 1.807) is 48.5 Å². The monoisotopic (exact) mass is 327 g/mol. The van der Waals surface area contributed by atoms with Crippen LogP contribution in [-0.2, 0) is 22.8 Å². The number of carbonyl (C=O) groups excluding carboxylic acids is 2. The van der Waals surface area contributed by atoms with Gasteiger partial charge in [-0.05, 0) is 41.0 Å². The maximum atomic E-state index is 12.0. The summed E-state index contributed by atoms with van der Waals surface area (Å²) >= 11 is 0. The van der Waals surface area contributed by atoms with Crippen molar-refractivity contribution in [2.24, 2.45) is 0 Å². The van der Waals surface area contributed by atoms with Crippen LogP contribution in [0.25, 0.3) is 6.08 Å². The highest BCUT2D eigenvalue weighted by Crippen LogP contribution is 2.23. The highest BCUT2D eigenvalue weighted by atomic mass is 16.5. The van der Waals surface area contributed by atoms with Gasteiger partial charge in [0.25, 0.3) is 6.47 Å². The lowest BCUT2D eigenvalue weighted by Gasteiger charge is -2.07. The average Bonchev–Trinajstić information content (AvgIpc) is 2.61. The number of hydrogen-bond donors (Lipinski definition) is 3. The summed E-state index contributed by atoms with van der Waals surface area (Å²) in [5.41, 5.74) is 2.33. The van der Waals surface area contributed by atoms with Crippen molar-refractivity contribution < 1.29 is 24.5 Å². The van der Waals surface area contributed by atoms with Gasteiger partial charge >= 0.3 is 0 Å². The van der Waals surface area contributed by atoms with Crippen molar-refractivity contribution in [1.29, 1.82) is 0 Å². The van der Waals surface area contributed by atoms with E-state index in [1.807, 2.05) is 0 Å². The SMILES string of the molecule is O=COc1ccccc1NC(=O)C=Cc1ccc(CO)c(CO)c1. The first-order chi connectivity index (χ1) is 11.7. The third kappa shape index (κ3) is 4.52. The number of benzene rings is 2. The van der Waals surface area contributed by atoms with Crippen LogP contribution in [-0.4, -0.2) is 22.6 Å². The minimum atomic E-state index is -0.395. The summed E-state index contributed by atoms with van der Waals surface area (Å²) in [6.07, 6.45) is 2.91. The molecule has 0 heterocycles. The van der Waals surface area contributed by atoms with Crippen LogP contribution in [0.1, 0.15) is 16.7 Å². The van der Waals surface area contributed by atoms with Crippen molar-refractivity contribution in [3.05, 3.63) is 65.2 Å². The van der Waals surface area contributed by atoms with Crippen molar-refractivity contribution in [2.45, 2.75) is 13.2 Å². The summed E-state index contributed by atoms with van der Waals surface area (Å²) in [6.45, 7) is -0.0615. The van der Waals surface area contributed by atoms with Gasteiger partial charge < -0.3 is 20.3 Å². The van der Waals surface area contributed by atoms with Gasteiger partial charge in [-0.2, -0.15) is 0 Å². The van der Waals surface area contributed by atoms with E-state index in [0.717, 1.165) is 0 Å². The fraction of sp³-hybridized carbons (Fsp3) is 0.111. The zero-order valence-corrected chi connectivity index (χ0v) is 12.8. The molecule has 0 bridgehead atoms. The van der Waals surface area contributed by atoms with E-state index >= 15 is 0 Å². The number of amides is 1. The Labute approximate surface area is 139 Å². The number of para-hydroxylation sites is 2. The Bertz CT molecular complexity index is 755. The minimum absolute atomic E-state index is 0.159. The highest BCUT2D eigenvalue weighted by Gasteiger charge is 2.05. The Hall–Kier alpha value is -2.96. The molecule has 0 saturated carbocycles. The quantitative estimate of drug-likeness (QED) is 0.533. The molecule has 0 aromatic heterocycles. The molecule has 2 aromatic rings. The second-order valence-corrected chi connectivity index (χ2v) is 4.88.